The van der Waals surface area contributed by atoms with Crippen LogP contribution in [-0.2, 0) is 0 Å². The van der Waals surface area contributed by atoms with Crippen LogP contribution in [0.3, 0.4) is 0 Å². The Hall–Kier alpha value is -2.14. The van der Waals surface area contributed by atoms with Gasteiger partial charge in [0, 0.05) is 27.3 Å². The Morgan fingerprint density at radius 2 is 1.59 bits per heavy atom. The lowest BCUT2D eigenvalue weighted by Gasteiger charge is -2.07. The number of benzene rings is 2. The maximum atomic E-state index is 12.2. The third-order valence-electron chi connectivity index (χ3n) is 3.40. The lowest BCUT2D eigenvalue weighted by atomic mass is 10.1. The van der Waals surface area contributed by atoms with Crippen molar-refractivity contribution in [1.82, 2.24) is 5.32 Å². The van der Waals surface area contributed by atoms with Crippen LogP contribution < -0.4 is 10.6 Å². The Labute approximate surface area is 137 Å². The Kier molecular flexibility index (Phi) is 4.24. The Balaban J connectivity index is 1.66. The van der Waals surface area contributed by atoms with Crippen molar-refractivity contribution in [2.24, 2.45) is 0 Å². The lowest BCUT2D eigenvalue weighted by Crippen LogP contribution is -2.25. The van der Waals surface area contributed by atoms with Gasteiger partial charge in [-0.15, -0.1) is 0 Å². The van der Waals surface area contributed by atoms with Gasteiger partial charge in [-0.1, -0.05) is 22.0 Å². The minimum absolute atomic E-state index is 0.0820. The summed E-state index contributed by atoms with van der Waals surface area (Å²) >= 11 is 3.36. The standard InChI is InChI=1S/C17H15BrN2O2/c18-13-2-1-3-15(10-13)20-17(22)12-6-4-11(5-7-12)16(21)19-14-8-9-14/h1-7,10,14H,8-9H2,(H,19,21)(H,20,22). The topological polar surface area (TPSA) is 58.2 Å². The fourth-order valence-corrected chi connectivity index (χ4v) is 2.44. The highest BCUT2D eigenvalue weighted by Crippen LogP contribution is 2.20. The van der Waals surface area contributed by atoms with Crippen molar-refractivity contribution in [3.8, 4) is 0 Å². The molecule has 0 heterocycles. The van der Waals surface area contributed by atoms with E-state index in [1.54, 1.807) is 24.3 Å². The van der Waals surface area contributed by atoms with E-state index in [0.29, 0.717) is 17.2 Å². The number of hydrogen-bond acceptors (Lipinski definition) is 2. The van der Waals surface area contributed by atoms with Gasteiger partial charge in [-0.05, 0) is 55.3 Å². The Morgan fingerprint density at radius 1 is 0.955 bits per heavy atom. The largest absolute Gasteiger partial charge is 0.349 e. The summed E-state index contributed by atoms with van der Waals surface area (Å²) in [4.78, 5) is 24.1. The monoisotopic (exact) mass is 358 g/mol. The zero-order valence-electron chi connectivity index (χ0n) is 11.8. The molecule has 112 valence electrons. The molecule has 22 heavy (non-hydrogen) atoms. The molecule has 0 spiro atoms. The molecule has 0 bridgehead atoms. The second-order valence-corrected chi connectivity index (χ2v) is 6.21. The molecule has 1 fully saturated rings. The maximum Gasteiger partial charge on any atom is 0.255 e. The van der Waals surface area contributed by atoms with E-state index in [-0.39, 0.29) is 11.8 Å². The van der Waals surface area contributed by atoms with Gasteiger partial charge in [0.05, 0.1) is 0 Å². The molecule has 2 aromatic carbocycles. The van der Waals surface area contributed by atoms with Gasteiger partial charge in [-0.2, -0.15) is 0 Å². The molecule has 0 aromatic heterocycles. The smallest absolute Gasteiger partial charge is 0.255 e. The molecule has 4 nitrogen and oxygen atoms in total. The van der Waals surface area contributed by atoms with Crippen LogP contribution in [0.4, 0.5) is 5.69 Å². The molecule has 5 heteroatoms. The highest BCUT2D eigenvalue weighted by molar-refractivity contribution is 9.10. The zero-order valence-corrected chi connectivity index (χ0v) is 13.4. The summed E-state index contributed by atoms with van der Waals surface area (Å²) in [6.07, 6.45) is 2.11. The summed E-state index contributed by atoms with van der Waals surface area (Å²) in [5.74, 6) is -0.284. The molecule has 1 aliphatic rings. The quantitative estimate of drug-likeness (QED) is 0.877. The number of carbonyl (C=O) groups is 2. The summed E-state index contributed by atoms with van der Waals surface area (Å²) in [5.41, 5.74) is 1.81. The normalized spacial score (nSPS) is 13.5. The van der Waals surface area contributed by atoms with E-state index in [0.717, 1.165) is 23.0 Å². The highest BCUT2D eigenvalue weighted by Gasteiger charge is 2.23. The summed E-state index contributed by atoms with van der Waals surface area (Å²) < 4.78 is 0.900. The van der Waals surface area contributed by atoms with Crippen LogP contribution in [0.5, 0.6) is 0 Å². The van der Waals surface area contributed by atoms with Crippen molar-refractivity contribution < 1.29 is 9.59 Å². The maximum absolute atomic E-state index is 12.2. The van der Waals surface area contributed by atoms with E-state index < -0.39 is 0 Å². The zero-order chi connectivity index (χ0) is 15.5. The molecule has 0 saturated heterocycles. The summed E-state index contributed by atoms with van der Waals surface area (Å²) in [5, 5.41) is 5.74. The molecule has 2 amide bonds. The van der Waals surface area contributed by atoms with Gasteiger partial charge in [0.1, 0.15) is 0 Å². The van der Waals surface area contributed by atoms with E-state index in [1.165, 1.54) is 0 Å². The van der Waals surface area contributed by atoms with E-state index in [1.807, 2.05) is 24.3 Å². The fraction of sp³-hybridized carbons (Fsp3) is 0.176. The van der Waals surface area contributed by atoms with E-state index in [9.17, 15) is 9.59 Å². The first-order valence-electron chi connectivity index (χ1n) is 7.10. The van der Waals surface area contributed by atoms with Crippen LogP contribution >= 0.6 is 15.9 Å². The second kappa shape index (κ2) is 6.32. The minimum atomic E-state index is -0.202. The molecule has 0 radical (unpaired) electrons. The molecule has 2 N–H and O–H groups in total. The number of nitrogens with one attached hydrogen (secondary N) is 2. The average Bonchev–Trinajstić information content (AvgIpc) is 3.31. The van der Waals surface area contributed by atoms with Gasteiger partial charge in [-0.3, -0.25) is 9.59 Å². The summed E-state index contributed by atoms with van der Waals surface area (Å²) in [7, 11) is 0. The number of halogens is 1. The van der Waals surface area contributed by atoms with E-state index in [2.05, 4.69) is 26.6 Å². The van der Waals surface area contributed by atoms with Crippen LogP contribution in [-0.4, -0.2) is 17.9 Å². The molecule has 0 aliphatic heterocycles. The van der Waals surface area contributed by atoms with Gasteiger partial charge in [-0.25, -0.2) is 0 Å². The SMILES string of the molecule is O=C(Nc1cccc(Br)c1)c1ccc(C(=O)NC2CC2)cc1. The van der Waals surface area contributed by atoms with E-state index >= 15 is 0 Å². The van der Waals surface area contributed by atoms with Crippen molar-refractivity contribution in [3.63, 3.8) is 0 Å². The first kappa shape index (κ1) is 14.8. The molecule has 3 rings (SSSR count). The third-order valence-corrected chi connectivity index (χ3v) is 3.90. The summed E-state index contributed by atoms with van der Waals surface area (Å²) in [6.45, 7) is 0. The molecule has 2 aromatic rings. The van der Waals surface area contributed by atoms with Gasteiger partial charge in [0.2, 0.25) is 0 Å². The Morgan fingerprint density at radius 3 is 2.18 bits per heavy atom. The molecule has 1 aliphatic carbocycles. The Bertz CT molecular complexity index is 709. The van der Waals surface area contributed by atoms with Crippen LogP contribution in [0.15, 0.2) is 53.0 Å². The number of amides is 2. The summed E-state index contributed by atoms with van der Waals surface area (Å²) in [6, 6.07) is 14.4. The number of rotatable bonds is 4. The van der Waals surface area contributed by atoms with Crippen molar-refractivity contribution in [3.05, 3.63) is 64.1 Å². The molecule has 1 saturated carbocycles. The third kappa shape index (κ3) is 3.74. The van der Waals surface area contributed by atoms with Crippen molar-refractivity contribution in [2.45, 2.75) is 18.9 Å². The molecular weight excluding hydrogens is 344 g/mol. The van der Waals surface area contributed by atoms with E-state index in [4.69, 9.17) is 0 Å². The number of anilines is 1. The first-order chi connectivity index (χ1) is 10.6. The minimum Gasteiger partial charge on any atom is -0.349 e. The van der Waals surface area contributed by atoms with Crippen molar-refractivity contribution in [1.29, 1.82) is 0 Å². The van der Waals surface area contributed by atoms with Crippen LogP contribution in [0.2, 0.25) is 0 Å². The highest BCUT2D eigenvalue weighted by atomic mass is 79.9. The second-order valence-electron chi connectivity index (χ2n) is 5.29. The van der Waals surface area contributed by atoms with Crippen molar-refractivity contribution >= 4 is 33.4 Å². The first-order valence-corrected chi connectivity index (χ1v) is 7.89. The van der Waals surface area contributed by atoms with Gasteiger partial charge >= 0.3 is 0 Å². The number of carbonyl (C=O) groups excluding carboxylic acids is 2. The molecular formula is C17H15BrN2O2. The van der Waals surface area contributed by atoms with Crippen LogP contribution in [0.1, 0.15) is 33.6 Å². The van der Waals surface area contributed by atoms with Crippen LogP contribution in [0.25, 0.3) is 0 Å². The number of hydrogen-bond donors (Lipinski definition) is 2. The average molecular weight is 359 g/mol. The molecule has 0 atom stereocenters. The van der Waals surface area contributed by atoms with Gasteiger partial charge in [0.15, 0.2) is 0 Å². The predicted octanol–water partition coefficient (Wildman–Crippen LogP) is 3.59. The molecule has 0 unspecified atom stereocenters. The fourth-order valence-electron chi connectivity index (χ4n) is 2.04. The lowest BCUT2D eigenvalue weighted by molar-refractivity contribution is 0.0949. The van der Waals surface area contributed by atoms with Crippen LogP contribution in [0, 0.1) is 0 Å². The van der Waals surface area contributed by atoms with Gasteiger partial charge < -0.3 is 10.6 Å². The van der Waals surface area contributed by atoms with Crippen molar-refractivity contribution in [2.75, 3.05) is 5.32 Å². The van der Waals surface area contributed by atoms with Gasteiger partial charge in [0.25, 0.3) is 11.8 Å². The predicted molar refractivity (Wildman–Crippen MR) is 89.0 cm³/mol.